The number of thiocarbonyl (C=S) groups is 1. The lowest BCUT2D eigenvalue weighted by molar-refractivity contribution is -0.122. The Morgan fingerprint density at radius 3 is 2.54 bits per heavy atom. The SMILES string of the molecule is Cc1ccc(CN2C(=O)C(=Cc3c(N4CC(C)OC(C)C4)nc4ccccn4c3=O)SC2=S)cc1. The second-order valence-corrected chi connectivity index (χ2v) is 10.7. The quantitative estimate of drug-likeness (QED) is 0.391. The maximum atomic E-state index is 13.6. The number of anilines is 1. The smallest absolute Gasteiger partial charge is 0.267 e. The number of ether oxygens (including phenoxy) is 1. The average Bonchev–Trinajstić information content (AvgIpc) is 3.09. The zero-order valence-corrected chi connectivity index (χ0v) is 21.4. The molecule has 35 heavy (non-hydrogen) atoms. The molecule has 7 nitrogen and oxygen atoms in total. The molecule has 2 aromatic heterocycles. The van der Waals surface area contributed by atoms with Crippen molar-refractivity contribution in [2.75, 3.05) is 18.0 Å². The summed E-state index contributed by atoms with van der Waals surface area (Å²) in [5.41, 5.74) is 2.87. The molecule has 0 radical (unpaired) electrons. The van der Waals surface area contributed by atoms with Crippen molar-refractivity contribution < 1.29 is 9.53 Å². The molecule has 0 saturated carbocycles. The molecule has 1 aromatic carbocycles. The molecule has 5 rings (SSSR count). The maximum absolute atomic E-state index is 13.6. The van der Waals surface area contributed by atoms with Gasteiger partial charge in [0.1, 0.15) is 15.8 Å². The number of nitrogens with zero attached hydrogens (tertiary/aromatic N) is 4. The number of rotatable bonds is 4. The highest BCUT2D eigenvalue weighted by Crippen LogP contribution is 2.35. The molecule has 2 aliphatic rings. The predicted molar refractivity (Wildman–Crippen MR) is 144 cm³/mol. The van der Waals surface area contributed by atoms with Crippen LogP contribution in [0.1, 0.15) is 30.5 Å². The first-order chi connectivity index (χ1) is 16.8. The van der Waals surface area contributed by atoms with Crippen LogP contribution in [0.4, 0.5) is 5.82 Å². The van der Waals surface area contributed by atoms with E-state index in [1.54, 1.807) is 23.2 Å². The van der Waals surface area contributed by atoms with Crippen LogP contribution in [0.3, 0.4) is 0 Å². The van der Waals surface area contributed by atoms with Gasteiger partial charge in [0, 0.05) is 19.3 Å². The Hall–Kier alpha value is -3.01. The third-order valence-corrected chi connectivity index (χ3v) is 7.46. The third kappa shape index (κ3) is 4.76. The van der Waals surface area contributed by atoms with E-state index in [0.717, 1.165) is 11.1 Å². The highest BCUT2D eigenvalue weighted by Gasteiger charge is 2.33. The third-order valence-electron chi connectivity index (χ3n) is 6.08. The van der Waals surface area contributed by atoms with Gasteiger partial charge in [-0.25, -0.2) is 4.98 Å². The van der Waals surface area contributed by atoms with Crippen LogP contribution in [0.15, 0.2) is 58.4 Å². The summed E-state index contributed by atoms with van der Waals surface area (Å²) in [5.74, 6) is 0.361. The van der Waals surface area contributed by atoms with Crippen LogP contribution in [0.5, 0.6) is 0 Å². The first-order valence-electron chi connectivity index (χ1n) is 11.5. The number of hydrogen-bond acceptors (Lipinski definition) is 7. The molecule has 0 aliphatic carbocycles. The normalized spacial score (nSPS) is 22.0. The summed E-state index contributed by atoms with van der Waals surface area (Å²) in [6.45, 7) is 7.64. The van der Waals surface area contributed by atoms with Crippen molar-refractivity contribution in [2.24, 2.45) is 0 Å². The second-order valence-electron chi connectivity index (χ2n) is 9.00. The van der Waals surface area contributed by atoms with Gasteiger partial charge in [-0.2, -0.15) is 0 Å². The molecule has 180 valence electrons. The first kappa shape index (κ1) is 23.7. The number of carbonyl (C=O) groups excluding carboxylic acids is 1. The maximum Gasteiger partial charge on any atom is 0.267 e. The fourth-order valence-electron chi connectivity index (χ4n) is 4.45. The second kappa shape index (κ2) is 9.56. The van der Waals surface area contributed by atoms with Gasteiger partial charge in [-0.3, -0.25) is 18.9 Å². The van der Waals surface area contributed by atoms with Crippen LogP contribution in [0, 0.1) is 6.92 Å². The van der Waals surface area contributed by atoms with E-state index in [9.17, 15) is 9.59 Å². The van der Waals surface area contributed by atoms with Gasteiger partial charge in [-0.05, 0) is 44.5 Å². The number of carbonyl (C=O) groups is 1. The number of hydrogen-bond donors (Lipinski definition) is 0. The summed E-state index contributed by atoms with van der Waals surface area (Å²) in [6.07, 6.45) is 3.34. The molecule has 9 heteroatoms. The number of aromatic nitrogens is 2. The van der Waals surface area contributed by atoms with E-state index in [4.69, 9.17) is 21.9 Å². The molecule has 4 heterocycles. The lowest BCUT2D eigenvalue weighted by atomic mass is 10.1. The summed E-state index contributed by atoms with van der Waals surface area (Å²) in [6, 6.07) is 13.5. The predicted octanol–water partition coefficient (Wildman–Crippen LogP) is 4.02. The molecule has 2 atom stereocenters. The Bertz CT molecular complexity index is 1390. The van der Waals surface area contributed by atoms with Gasteiger partial charge in [0.15, 0.2) is 0 Å². The highest BCUT2D eigenvalue weighted by molar-refractivity contribution is 8.26. The van der Waals surface area contributed by atoms with Crippen molar-refractivity contribution in [1.29, 1.82) is 0 Å². The van der Waals surface area contributed by atoms with Crippen molar-refractivity contribution >= 4 is 51.7 Å². The van der Waals surface area contributed by atoms with E-state index in [2.05, 4.69) is 4.90 Å². The number of amides is 1. The fourth-order valence-corrected chi connectivity index (χ4v) is 5.69. The molecule has 0 N–H and O–H groups in total. The fraction of sp³-hybridized carbons (Fsp3) is 0.308. The lowest BCUT2D eigenvalue weighted by Gasteiger charge is -2.36. The summed E-state index contributed by atoms with van der Waals surface area (Å²) >= 11 is 6.76. The summed E-state index contributed by atoms with van der Waals surface area (Å²) in [5, 5.41) is 0. The van der Waals surface area contributed by atoms with Crippen molar-refractivity contribution in [1.82, 2.24) is 14.3 Å². The monoisotopic (exact) mass is 506 g/mol. The lowest BCUT2D eigenvalue weighted by Crippen LogP contribution is -2.46. The van der Waals surface area contributed by atoms with Gasteiger partial charge >= 0.3 is 0 Å². The Balaban J connectivity index is 1.55. The number of thioether (sulfide) groups is 1. The Labute approximate surface area is 213 Å². The molecule has 0 bridgehead atoms. The van der Waals surface area contributed by atoms with E-state index >= 15 is 0 Å². The minimum Gasteiger partial charge on any atom is -0.372 e. The molecule has 2 aliphatic heterocycles. The van der Waals surface area contributed by atoms with E-state index in [1.807, 2.05) is 57.2 Å². The topological polar surface area (TPSA) is 67.2 Å². The van der Waals surface area contributed by atoms with Gasteiger partial charge in [0.2, 0.25) is 0 Å². The molecule has 3 aromatic rings. The highest BCUT2D eigenvalue weighted by atomic mass is 32.2. The Kier molecular flexibility index (Phi) is 6.48. The van der Waals surface area contributed by atoms with Crippen molar-refractivity contribution in [3.8, 4) is 0 Å². The van der Waals surface area contributed by atoms with E-state index in [1.165, 1.54) is 16.2 Å². The van der Waals surface area contributed by atoms with Gasteiger partial charge in [0.25, 0.3) is 11.5 Å². The largest absolute Gasteiger partial charge is 0.372 e. The Morgan fingerprint density at radius 1 is 1.11 bits per heavy atom. The number of aryl methyl sites for hydroxylation is 1. The molecular weight excluding hydrogens is 480 g/mol. The Morgan fingerprint density at radius 2 is 1.83 bits per heavy atom. The summed E-state index contributed by atoms with van der Waals surface area (Å²) in [7, 11) is 0. The number of pyridine rings is 1. The summed E-state index contributed by atoms with van der Waals surface area (Å²) in [4.78, 5) is 35.8. The van der Waals surface area contributed by atoms with E-state index < -0.39 is 0 Å². The van der Waals surface area contributed by atoms with Crippen LogP contribution < -0.4 is 10.5 Å². The van der Waals surface area contributed by atoms with Gasteiger partial charge in [-0.1, -0.05) is 59.9 Å². The number of morpholine rings is 1. The van der Waals surface area contributed by atoms with Crippen LogP contribution in [-0.2, 0) is 16.1 Å². The van der Waals surface area contributed by atoms with Crippen LogP contribution in [0.2, 0.25) is 0 Å². The summed E-state index contributed by atoms with van der Waals surface area (Å²) < 4.78 is 7.88. The molecule has 1 amide bonds. The van der Waals surface area contributed by atoms with Crippen LogP contribution in [0.25, 0.3) is 11.7 Å². The molecule has 2 unspecified atom stereocenters. The standard InChI is InChI=1S/C26H26N4O3S2/c1-16-7-9-19(10-8-16)15-30-25(32)21(35-26(30)34)12-20-23(28-13-17(2)33-18(3)14-28)27-22-6-4-5-11-29(22)24(20)31/h4-12,17-18H,13-15H2,1-3H3. The van der Waals surface area contributed by atoms with Gasteiger partial charge < -0.3 is 9.64 Å². The van der Waals surface area contributed by atoms with E-state index in [-0.39, 0.29) is 23.7 Å². The minimum absolute atomic E-state index is 0.00431. The van der Waals surface area contributed by atoms with Crippen LogP contribution >= 0.6 is 24.0 Å². The van der Waals surface area contributed by atoms with Crippen molar-refractivity contribution in [3.63, 3.8) is 0 Å². The number of benzene rings is 1. The molecular formula is C26H26N4O3S2. The first-order valence-corrected chi connectivity index (χ1v) is 12.8. The molecule has 2 saturated heterocycles. The zero-order chi connectivity index (χ0) is 24.7. The molecule has 0 spiro atoms. The van der Waals surface area contributed by atoms with Crippen LogP contribution in [-0.4, -0.2) is 49.8 Å². The molecule has 2 fully saturated rings. The average molecular weight is 507 g/mol. The van der Waals surface area contributed by atoms with Gasteiger partial charge in [0.05, 0.1) is 29.2 Å². The minimum atomic E-state index is -0.221. The zero-order valence-electron chi connectivity index (χ0n) is 19.8. The van der Waals surface area contributed by atoms with Crippen molar-refractivity contribution in [3.05, 3.63) is 80.6 Å². The van der Waals surface area contributed by atoms with E-state index in [0.29, 0.717) is 45.9 Å². The number of fused-ring (bicyclic) bond motifs is 1. The van der Waals surface area contributed by atoms with Crippen molar-refractivity contribution in [2.45, 2.75) is 39.5 Å². The van der Waals surface area contributed by atoms with Gasteiger partial charge in [-0.15, -0.1) is 0 Å².